The molecule has 1 aromatic rings. The van der Waals surface area contributed by atoms with Gasteiger partial charge in [0.1, 0.15) is 17.3 Å². The molecule has 0 aliphatic rings. The second kappa shape index (κ2) is 6.58. The van der Waals surface area contributed by atoms with Crippen molar-refractivity contribution in [2.75, 3.05) is 6.61 Å². The van der Waals surface area contributed by atoms with E-state index in [0.29, 0.717) is 6.07 Å². The molecule has 0 spiro atoms. The SMILES string of the molecule is CCOC(=O)C(N=Nc1ccc(F)cc1F)=C(C)O. The van der Waals surface area contributed by atoms with E-state index < -0.39 is 29.1 Å². The number of nitrogens with zero attached hydrogens (tertiary/aromatic N) is 2. The highest BCUT2D eigenvalue weighted by atomic mass is 19.1. The molecule has 7 heteroatoms. The average molecular weight is 270 g/mol. The fourth-order valence-electron chi connectivity index (χ4n) is 1.13. The molecule has 102 valence electrons. The number of carbonyl (C=O) groups excluding carboxylic acids is 1. The molecule has 0 aliphatic heterocycles. The molecule has 1 aromatic carbocycles. The first-order valence-electron chi connectivity index (χ1n) is 5.39. The number of hydrogen-bond acceptors (Lipinski definition) is 5. The number of aliphatic hydroxyl groups excluding tert-OH is 1. The molecule has 1 N–H and O–H groups in total. The third-order valence-corrected chi connectivity index (χ3v) is 1.98. The van der Waals surface area contributed by atoms with Crippen LogP contribution >= 0.6 is 0 Å². The third-order valence-electron chi connectivity index (χ3n) is 1.98. The molecule has 1 rings (SSSR count). The highest BCUT2D eigenvalue weighted by molar-refractivity contribution is 5.88. The van der Waals surface area contributed by atoms with Crippen molar-refractivity contribution in [3.63, 3.8) is 0 Å². The fraction of sp³-hybridized carbons (Fsp3) is 0.250. The van der Waals surface area contributed by atoms with Crippen LogP contribution in [0.5, 0.6) is 0 Å². The van der Waals surface area contributed by atoms with Crippen LogP contribution in [0, 0.1) is 11.6 Å². The number of allylic oxidation sites excluding steroid dienone is 1. The Kier molecular flexibility index (Phi) is 5.11. The second-order valence-corrected chi connectivity index (χ2v) is 3.45. The maximum absolute atomic E-state index is 13.3. The van der Waals surface area contributed by atoms with Crippen LogP contribution in [-0.4, -0.2) is 17.7 Å². The summed E-state index contributed by atoms with van der Waals surface area (Å²) in [6, 6.07) is 2.69. The molecule has 0 saturated carbocycles. The molecular formula is C12H12F2N2O3. The lowest BCUT2D eigenvalue weighted by Gasteiger charge is -2.02. The van der Waals surface area contributed by atoms with Crippen LogP contribution in [0.3, 0.4) is 0 Å². The lowest BCUT2D eigenvalue weighted by Crippen LogP contribution is -2.07. The number of benzene rings is 1. The number of rotatable bonds is 4. The average Bonchev–Trinajstić information content (AvgIpc) is 2.31. The zero-order valence-electron chi connectivity index (χ0n) is 10.4. The van der Waals surface area contributed by atoms with Crippen LogP contribution in [0.1, 0.15) is 13.8 Å². The van der Waals surface area contributed by atoms with Crippen molar-refractivity contribution in [1.29, 1.82) is 0 Å². The van der Waals surface area contributed by atoms with Crippen molar-refractivity contribution < 1.29 is 23.4 Å². The van der Waals surface area contributed by atoms with E-state index >= 15 is 0 Å². The number of azo groups is 1. The van der Waals surface area contributed by atoms with Gasteiger partial charge in [-0.2, -0.15) is 0 Å². The first kappa shape index (κ1) is 14.7. The van der Waals surface area contributed by atoms with E-state index in [1.54, 1.807) is 6.92 Å². The van der Waals surface area contributed by atoms with Crippen LogP contribution < -0.4 is 0 Å². The summed E-state index contributed by atoms with van der Waals surface area (Å²) >= 11 is 0. The van der Waals surface area contributed by atoms with Crippen molar-refractivity contribution in [2.24, 2.45) is 10.2 Å². The van der Waals surface area contributed by atoms with Crippen LogP contribution in [0.4, 0.5) is 14.5 Å². The van der Waals surface area contributed by atoms with Crippen molar-refractivity contribution in [3.8, 4) is 0 Å². The quantitative estimate of drug-likeness (QED) is 0.394. The number of esters is 1. The highest BCUT2D eigenvalue weighted by Gasteiger charge is 2.14. The highest BCUT2D eigenvalue weighted by Crippen LogP contribution is 2.20. The van der Waals surface area contributed by atoms with Gasteiger partial charge in [-0.05, 0) is 26.0 Å². The van der Waals surface area contributed by atoms with Gasteiger partial charge in [-0.15, -0.1) is 10.2 Å². The molecule has 19 heavy (non-hydrogen) atoms. The Bertz CT molecular complexity index is 538. The van der Waals surface area contributed by atoms with Crippen LogP contribution in [0.2, 0.25) is 0 Å². The number of ether oxygens (including phenoxy) is 1. The molecule has 0 radical (unpaired) electrons. The fourth-order valence-corrected chi connectivity index (χ4v) is 1.13. The Morgan fingerprint density at radius 3 is 2.63 bits per heavy atom. The van der Waals surface area contributed by atoms with E-state index in [1.807, 2.05) is 0 Å². The largest absolute Gasteiger partial charge is 0.510 e. The summed E-state index contributed by atoms with van der Waals surface area (Å²) in [5, 5.41) is 16.1. The number of carbonyl (C=O) groups is 1. The molecule has 0 saturated heterocycles. The molecule has 5 nitrogen and oxygen atoms in total. The molecule has 0 aliphatic carbocycles. The Morgan fingerprint density at radius 2 is 2.11 bits per heavy atom. The topological polar surface area (TPSA) is 71.2 Å². The van der Waals surface area contributed by atoms with Crippen LogP contribution in [0.15, 0.2) is 39.9 Å². The predicted octanol–water partition coefficient (Wildman–Crippen LogP) is 3.40. The zero-order chi connectivity index (χ0) is 14.4. The van der Waals surface area contributed by atoms with Gasteiger partial charge in [0.05, 0.1) is 6.61 Å². The van der Waals surface area contributed by atoms with E-state index in [0.717, 1.165) is 12.1 Å². The van der Waals surface area contributed by atoms with Crippen molar-refractivity contribution in [2.45, 2.75) is 13.8 Å². The maximum Gasteiger partial charge on any atom is 0.362 e. The van der Waals surface area contributed by atoms with Crippen molar-refractivity contribution >= 4 is 11.7 Å². The number of aliphatic hydroxyl groups is 1. The summed E-state index contributed by atoms with van der Waals surface area (Å²) < 4.78 is 30.6. The Labute approximate surface area is 108 Å². The first-order chi connectivity index (χ1) is 8.95. The Morgan fingerprint density at radius 1 is 1.42 bits per heavy atom. The third kappa shape index (κ3) is 4.13. The lowest BCUT2D eigenvalue weighted by molar-refractivity contribution is -0.138. The Hall–Kier alpha value is -2.31. The van der Waals surface area contributed by atoms with E-state index in [1.165, 1.54) is 6.92 Å². The summed E-state index contributed by atoms with van der Waals surface area (Å²) in [5.41, 5.74) is -0.699. The minimum atomic E-state index is -0.928. The molecule has 0 unspecified atom stereocenters. The summed E-state index contributed by atoms with van der Waals surface area (Å²) in [6.45, 7) is 2.89. The molecule has 0 amide bonds. The predicted molar refractivity (Wildman–Crippen MR) is 62.8 cm³/mol. The summed E-state index contributed by atoms with van der Waals surface area (Å²) in [6.07, 6.45) is 0. The van der Waals surface area contributed by atoms with E-state index in [2.05, 4.69) is 15.0 Å². The number of hydrogen-bond donors (Lipinski definition) is 1. The van der Waals surface area contributed by atoms with E-state index in [-0.39, 0.29) is 12.3 Å². The van der Waals surface area contributed by atoms with Gasteiger partial charge >= 0.3 is 5.97 Å². The summed E-state index contributed by atoms with van der Waals surface area (Å²) in [4.78, 5) is 11.4. The van der Waals surface area contributed by atoms with E-state index in [4.69, 9.17) is 0 Å². The normalized spacial score (nSPS) is 12.4. The first-order valence-corrected chi connectivity index (χ1v) is 5.39. The molecule has 0 aromatic heterocycles. The minimum Gasteiger partial charge on any atom is -0.510 e. The van der Waals surface area contributed by atoms with Gasteiger partial charge in [-0.3, -0.25) is 0 Å². The molecule has 0 fully saturated rings. The molecule has 0 heterocycles. The van der Waals surface area contributed by atoms with Crippen LogP contribution in [0.25, 0.3) is 0 Å². The van der Waals surface area contributed by atoms with Gasteiger partial charge in [-0.25, -0.2) is 13.6 Å². The standard InChI is InChI=1S/C12H12F2N2O3/c1-3-19-12(18)11(7(2)17)16-15-10-5-4-8(13)6-9(10)14/h4-6,17H,3H2,1-2H3. The number of halogens is 2. The van der Waals surface area contributed by atoms with Crippen molar-refractivity contribution in [3.05, 3.63) is 41.3 Å². The summed E-state index contributed by atoms with van der Waals surface area (Å²) in [7, 11) is 0. The van der Waals surface area contributed by atoms with Crippen molar-refractivity contribution in [1.82, 2.24) is 0 Å². The molecule has 0 atom stereocenters. The monoisotopic (exact) mass is 270 g/mol. The second-order valence-electron chi connectivity index (χ2n) is 3.45. The Balaban J connectivity index is 3.00. The van der Waals surface area contributed by atoms with Gasteiger partial charge in [0.25, 0.3) is 0 Å². The van der Waals surface area contributed by atoms with Crippen LogP contribution in [-0.2, 0) is 9.53 Å². The lowest BCUT2D eigenvalue weighted by atomic mass is 10.3. The zero-order valence-corrected chi connectivity index (χ0v) is 10.4. The maximum atomic E-state index is 13.3. The molecular weight excluding hydrogens is 258 g/mol. The van der Waals surface area contributed by atoms with Gasteiger partial charge in [-0.1, -0.05) is 0 Å². The summed E-state index contributed by atoms with van der Waals surface area (Å²) in [5.74, 6) is -2.98. The van der Waals surface area contributed by atoms with E-state index in [9.17, 15) is 18.7 Å². The van der Waals surface area contributed by atoms with Gasteiger partial charge in [0.2, 0.25) is 5.70 Å². The van der Waals surface area contributed by atoms with Gasteiger partial charge < -0.3 is 9.84 Å². The van der Waals surface area contributed by atoms with Gasteiger partial charge in [0.15, 0.2) is 5.82 Å². The van der Waals surface area contributed by atoms with Gasteiger partial charge in [0, 0.05) is 6.07 Å². The smallest absolute Gasteiger partial charge is 0.362 e. The minimum absolute atomic E-state index is 0.0933. The molecule has 0 bridgehead atoms.